The molecule has 9 heteroatoms. The number of carbonyl (C=O) groups excluding carboxylic acids is 5. The van der Waals surface area contributed by atoms with Crippen LogP contribution in [-0.2, 0) is 42.9 Å². The molecule has 0 fully saturated rings. The summed E-state index contributed by atoms with van der Waals surface area (Å²) in [4.78, 5) is 64.4. The van der Waals surface area contributed by atoms with Crippen LogP contribution in [0.3, 0.4) is 0 Å². The van der Waals surface area contributed by atoms with Crippen molar-refractivity contribution in [1.82, 2.24) is 0 Å². The average molecular weight is 499 g/mol. The molecule has 2 unspecified atom stereocenters. The molecule has 0 saturated carbocycles. The van der Waals surface area contributed by atoms with Crippen molar-refractivity contribution in [1.29, 1.82) is 0 Å². The van der Waals surface area contributed by atoms with Crippen molar-refractivity contribution in [3.8, 4) is 0 Å². The van der Waals surface area contributed by atoms with E-state index >= 15 is 0 Å². The number of hydrogen-bond donors (Lipinski definition) is 0. The predicted molar refractivity (Wildman–Crippen MR) is 125 cm³/mol. The number of ether oxygens (including phenoxy) is 4. The third-order valence-electron chi connectivity index (χ3n) is 6.70. The zero-order valence-electron chi connectivity index (χ0n) is 20.6. The summed E-state index contributed by atoms with van der Waals surface area (Å²) in [5, 5.41) is 0. The van der Waals surface area contributed by atoms with Crippen molar-refractivity contribution < 1.29 is 42.9 Å². The Hall–Kier alpha value is -3.49. The Kier molecular flexibility index (Phi) is 7.86. The Balaban J connectivity index is 1.94. The van der Waals surface area contributed by atoms with E-state index in [1.807, 2.05) is 19.9 Å². The maximum atomic E-state index is 13.5. The van der Waals surface area contributed by atoms with Crippen molar-refractivity contribution in [2.24, 2.45) is 11.8 Å². The first-order valence-electron chi connectivity index (χ1n) is 12.6. The van der Waals surface area contributed by atoms with Crippen molar-refractivity contribution in [2.45, 2.75) is 65.2 Å². The number of cyclic esters (lactones) is 4. The quantitative estimate of drug-likeness (QED) is 0.318. The number of unbranched alkanes of at least 4 members (excludes halogenated alkanes) is 1. The largest absolute Gasteiger partial charge is 0.465 e. The standard InChI is InChI=1S/C27H30O9/c1-3-5-7-11-16-20-21-15(10-4-2)19(23(20)35-24(16)29)22-17(25(30)36-27(22)32)14-18(28)33-12-8-6-9-13-34-26(21)31/h7,11,15,21H,3-6,8-10,12-14H2,1-2H3/b11-7+. The predicted octanol–water partition coefficient (Wildman–Crippen LogP) is 3.54. The molecule has 192 valence electrons. The maximum absolute atomic E-state index is 13.5. The van der Waals surface area contributed by atoms with Crippen LogP contribution in [0.4, 0.5) is 0 Å². The minimum atomic E-state index is -0.941. The second kappa shape index (κ2) is 11.1. The zero-order chi connectivity index (χ0) is 25.8. The van der Waals surface area contributed by atoms with Gasteiger partial charge in [-0.3, -0.25) is 9.59 Å². The molecule has 0 N–H and O–H groups in total. The van der Waals surface area contributed by atoms with Crippen molar-refractivity contribution >= 4 is 29.8 Å². The first-order valence-corrected chi connectivity index (χ1v) is 12.6. The number of allylic oxidation sites excluding steroid dienone is 2. The second-order valence-electron chi connectivity index (χ2n) is 9.18. The summed E-state index contributed by atoms with van der Waals surface area (Å²) in [6.45, 7) is 4.24. The van der Waals surface area contributed by atoms with Gasteiger partial charge in [0.15, 0.2) is 0 Å². The number of rotatable bonds is 5. The van der Waals surface area contributed by atoms with Gasteiger partial charge in [0.2, 0.25) is 0 Å². The first kappa shape index (κ1) is 25.6. The van der Waals surface area contributed by atoms with Gasteiger partial charge in [-0.1, -0.05) is 38.8 Å². The summed E-state index contributed by atoms with van der Waals surface area (Å²) in [7, 11) is 0. The van der Waals surface area contributed by atoms with E-state index in [4.69, 9.17) is 18.9 Å². The maximum Gasteiger partial charge on any atom is 0.347 e. The molecule has 0 aromatic heterocycles. The molecule has 4 aliphatic rings. The van der Waals surface area contributed by atoms with Gasteiger partial charge in [-0.2, -0.15) is 0 Å². The topological polar surface area (TPSA) is 122 Å². The van der Waals surface area contributed by atoms with E-state index in [1.54, 1.807) is 6.08 Å². The SMILES string of the molecule is CCC/C=C/C1=C2C(=C3C4=C(CC(=O)OCCCCCOC(=O)C2C3CCC)C(=O)OC4=O)OC1=O. The smallest absolute Gasteiger partial charge is 0.347 e. The molecule has 0 radical (unpaired) electrons. The number of esters is 5. The number of carbonyl (C=O) groups is 5. The third kappa shape index (κ3) is 4.79. The van der Waals surface area contributed by atoms with Gasteiger partial charge in [-0.05, 0) is 32.1 Å². The Morgan fingerprint density at radius 3 is 2.31 bits per heavy atom. The summed E-state index contributed by atoms with van der Waals surface area (Å²) in [5.74, 6) is -5.11. The third-order valence-corrected chi connectivity index (χ3v) is 6.70. The van der Waals surface area contributed by atoms with Gasteiger partial charge in [-0.15, -0.1) is 0 Å². The number of fused-ring (bicyclic) bond motifs is 5. The van der Waals surface area contributed by atoms with Crippen LogP contribution in [0.1, 0.15) is 65.2 Å². The normalized spacial score (nSPS) is 25.4. The fourth-order valence-corrected chi connectivity index (χ4v) is 5.09. The molecule has 36 heavy (non-hydrogen) atoms. The highest BCUT2D eigenvalue weighted by atomic mass is 16.6. The molecule has 0 aromatic carbocycles. The highest BCUT2D eigenvalue weighted by Crippen LogP contribution is 2.53. The van der Waals surface area contributed by atoms with Gasteiger partial charge in [0.05, 0.1) is 42.3 Å². The summed E-state index contributed by atoms with van der Waals surface area (Å²) >= 11 is 0. The van der Waals surface area contributed by atoms with Crippen LogP contribution in [-0.4, -0.2) is 43.1 Å². The van der Waals surface area contributed by atoms with Crippen LogP contribution >= 0.6 is 0 Å². The zero-order valence-corrected chi connectivity index (χ0v) is 20.6. The summed E-state index contributed by atoms with van der Waals surface area (Å²) in [5.41, 5.74) is 0.563. The fraction of sp³-hybridized carbons (Fsp3) is 0.519. The van der Waals surface area contributed by atoms with Crippen molar-refractivity contribution in [3.63, 3.8) is 0 Å². The van der Waals surface area contributed by atoms with E-state index in [0.29, 0.717) is 37.7 Å². The van der Waals surface area contributed by atoms with Crippen LogP contribution in [0.25, 0.3) is 0 Å². The molecule has 3 aliphatic heterocycles. The Morgan fingerprint density at radius 2 is 1.58 bits per heavy atom. The van der Waals surface area contributed by atoms with Crippen LogP contribution in [0.2, 0.25) is 0 Å². The Bertz CT molecular complexity index is 1120. The molecule has 0 spiro atoms. The van der Waals surface area contributed by atoms with Gasteiger partial charge in [-0.25, -0.2) is 14.4 Å². The lowest BCUT2D eigenvalue weighted by Gasteiger charge is -2.22. The minimum Gasteiger partial charge on any atom is -0.465 e. The molecular weight excluding hydrogens is 468 g/mol. The lowest BCUT2D eigenvalue weighted by molar-refractivity contribution is -0.153. The molecular formula is C27H30O9. The minimum absolute atomic E-state index is 0.0798. The second-order valence-corrected chi connectivity index (χ2v) is 9.18. The van der Waals surface area contributed by atoms with Gasteiger partial charge >= 0.3 is 29.8 Å². The van der Waals surface area contributed by atoms with Gasteiger partial charge in [0.1, 0.15) is 5.76 Å². The molecule has 9 nitrogen and oxygen atoms in total. The Morgan fingerprint density at radius 1 is 0.833 bits per heavy atom. The van der Waals surface area contributed by atoms with Gasteiger partial charge in [0.25, 0.3) is 0 Å². The summed E-state index contributed by atoms with van der Waals surface area (Å²) < 4.78 is 21.4. The van der Waals surface area contributed by atoms with Crippen molar-refractivity contribution in [2.75, 3.05) is 13.2 Å². The monoisotopic (exact) mass is 498 g/mol. The average Bonchev–Trinajstić information content (AvgIpc) is 3.40. The Labute approximate surface area is 209 Å². The molecule has 4 rings (SSSR count). The van der Waals surface area contributed by atoms with E-state index in [0.717, 1.165) is 12.8 Å². The van der Waals surface area contributed by atoms with Gasteiger partial charge < -0.3 is 18.9 Å². The fourth-order valence-electron chi connectivity index (χ4n) is 5.09. The first-order chi connectivity index (χ1) is 17.4. The van der Waals surface area contributed by atoms with Crippen LogP contribution in [0, 0.1) is 11.8 Å². The van der Waals surface area contributed by atoms with Crippen molar-refractivity contribution in [3.05, 3.63) is 45.8 Å². The molecule has 3 heterocycles. The van der Waals surface area contributed by atoms with E-state index in [9.17, 15) is 24.0 Å². The highest BCUT2D eigenvalue weighted by Gasteiger charge is 2.54. The molecule has 2 atom stereocenters. The molecule has 0 saturated heterocycles. The van der Waals surface area contributed by atoms with E-state index in [1.165, 1.54) is 0 Å². The summed E-state index contributed by atoms with van der Waals surface area (Å²) in [6.07, 6.45) is 7.52. The summed E-state index contributed by atoms with van der Waals surface area (Å²) in [6, 6.07) is 0. The van der Waals surface area contributed by atoms with Crippen LogP contribution in [0.15, 0.2) is 45.8 Å². The van der Waals surface area contributed by atoms with E-state index in [-0.39, 0.29) is 41.3 Å². The molecule has 0 amide bonds. The lowest BCUT2D eigenvalue weighted by Crippen LogP contribution is -2.27. The van der Waals surface area contributed by atoms with E-state index < -0.39 is 48.1 Å². The lowest BCUT2D eigenvalue weighted by atomic mass is 9.81. The van der Waals surface area contributed by atoms with Gasteiger partial charge in [0, 0.05) is 17.1 Å². The molecule has 2 bridgehead atoms. The molecule has 1 aliphatic carbocycles. The molecule has 0 aromatic rings. The van der Waals surface area contributed by atoms with E-state index in [2.05, 4.69) is 0 Å². The number of hydrogen-bond acceptors (Lipinski definition) is 9. The highest BCUT2D eigenvalue weighted by molar-refractivity contribution is 6.17. The van der Waals surface area contributed by atoms with Crippen LogP contribution in [0.5, 0.6) is 0 Å². The van der Waals surface area contributed by atoms with Crippen LogP contribution < -0.4 is 0 Å².